The number of imidazole rings is 1. The summed E-state index contributed by atoms with van der Waals surface area (Å²) in [5, 5.41) is 2.90. The molecule has 20 heavy (non-hydrogen) atoms. The van der Waals surface area contributed by atoms with Crippen LogP contribution in [0.3, 0.4) is 0 Å². The zero-order chi connectivity index (χ0) is 14.5. The molecule has 1 amide bonds. The van der Waals surface area contributed by atoms with Crippen LogP contribution in [0, 0.1) is 0 Å². The molecule has 1 N–H and O–H groups in total. The number of aryl methyl sites for hydroxylation is 1. The summed E-state index contributed by atoms with van der Waals surface area (Å²) in [6.45, 7) is 6.48. The molecule has 1 aromatic rings. The van der Waals surface area contributed by atoms with Gasteiger partial charge < -0.3 is 9.30 Å². The monoisotopic (exact) mass is 280 g/mol. The number of hydrogen-bond acceptors (Lipinski definition) is 4. The molecular formula is C14H24N4O2. The van der Waals surface area contributed by atoms with E-state index in [0.717, 1.165) is 25.9 Å². The molecule has 1 saturated heterocycles. The Bertz CT molecular complexity index is 446. The minimum absolute atomic E-state index is 0.0125. The summed E-state index contributed by atoms with van der Waals surface area (Å²) >= 11 is 0. The van der Waals surface area contributed by atoms with Gasteiger partial charge in [0.25, 0.3) is 0 Å². The van der Waals surface area contributed by atoms with Gasteiger partial charge >= 0.3 is 0 Å². The van der Waals surface area contributed by atoms with Gasteiger partial charge in [-0.1, -0.05) is 13.8 Å². The Hall–Kier alpha value is -1.40. The van der Waals surface area contributed by atoms with Gasteiger partial charge in [0, 0.05) is 32.5 Å². The number of amides is 1. The number of ether oxygens (including phenoxy) is 1. The van der Waals surface area contributed by atoms with E-state index in [1.165, 1.54) is 0 Å². The first-order valence-electron chi connectivity index (χ1n) is 7.29. The summed E-state index contributed by atoms with van der Waals surface area (Å²) in [7, 11) is 1.87. The van der Waals surface area contributed by atoms with E-state index in [0.29, 0.717) is 12.6 Å². The van der Waals surface area contributed by atoms with Crippen LogP contribution >= 0.6 is 0 Å². The first kappa shape index (κ1) is 15.0. The Morgan fingerprint density at radius 2 is 2.40 bits per heavy atom. The Balaban J connectivity index is 2.00. The Labute approximate surface area is 120 Å². The molecule has 6 nitrogen and oxygen atoms in total. The van der Waals surface area contributed by atoms with Crippen LogP contribution in [0.25, 0.3) is 0 Å². The third kappa shape index (κ3) is 3.37. The summed E-state index contributed by atoms with van der Waals surface area (Å²) in [6, 6.07) is -0.121. The Morgan fingerprint density at radius 3 is 3.00 bits per heavy atom. The molecule has 2 atom stereocenters. The molecular weight excluding hydrogens is 256 g/mol. The fourth-order valence-corrected chi connectivity index (χ4v) is 2.56. The van der Waals surface area contributed by atoms with Crippen LogP contribution in [-0.4, -0.2) is 52.2 Å². The van der Waals surface area contributed by atoms with Crippen LogP contribution in [0.2, 0.25) is 0 Å². The largest absolute Gasteiger partial charge is 0.376 e. The molecule has 1 aromatic heterocycles. The van der Waals surface area contributed by atoms with Crippen molar-refractivity contribution in [1.82, 2.24) is 14.5 Å². The van der Waals surface area contributed by atoms with Crippen LogP contribution < -0.4 is 5.32 Å². The molecule has 1 fully saturated rings. The highest BCUT2D eigenvalue weighted by Gasteiger charge is 2.29. The smallest absolute Gasteiger partial charge is 0.244 e. The summed E-state index contributed by atoms with van der Waals surface area (Å²) < 4.78 is 7.47. The molecule has 2 rings (SSSR count). The average Bonchev–Trinajstić information content (AvgIpc) is 2.85. The number of hydrogen-bond donors (Lipinski definition) is 1. The van der Waals surface area contributed by atoms with E-state index in [1.807, 2.05) is 20.2 Å². The van der Waals surface area contributed by atoms with E-state index >= 15 is 0 Å². The van der Waals surface area contributed by atoms with Crippen molar-refractivity contribution in [2.75, 3.05) is 25.0 Å². The number of carbonyl (C=O) groups is 1. The number of nitrogens with one attached hydrogen (secondary N) is 1. The van der Waals surface area contributed by atoms with E-state index in [4.69, 9.17) is 4.74 Å². The van der Waals surface area contributed by atoms with Crippen molar-refractivity contribution in [3.8, 4) is 0 Å². The Morgan fingerprint density at radius 1 is 1.60 bits per heavy atom. The first-order chi connectivity index (χ1) is 9.65. The van der Waals surface area contributed by atoms with Crippen molar-refractivity contribution in [3.05, 3.63) is 12.4 Å². The quantitative estimate of drug-likeness (QED) is 0.882. The molecule has 0 radical (unpaired) electrons. The number of nitrogens with zero attached hydrogens (tertiary/aromatic N) is 3. The predicted molar refractivity (Wildman–Crippen MR) is 77.5 cm³/mol. The second-order valence-electron chi connectivity index (χ2n) is 5.17. The predicted octanol–water partition coefficient (Wildman–Crippen LogP) is 1.25. The maximum Gasteiger partial charge on any atom is 0.244 e. The average molecular weight is 280 g/mol. The molecule has 2 heterocycles. The second-order valence-corrected chi connectivity index (χ2v) is 5.17. The minimum Gasteiger partial charge on any atom is -0.376 e. The lowest BCUT2D eigenvalue weighted by molar-refractivity contribution is -0.125. The molecule has 2 unspecified atom stereocenters. The summed E-state index contributed by atoms with van der Waals surface area (Å²) in [5.74, 6) is 0.604. The number of aromatic nitrogens is 2. The number of morpholine rings is 1. The Kier molecular flexibility index (Phi) is 5.14. The number of rotatable bonds is 5. The lowest BCUT2D eigenvalue weighted by Gasteiger charge is -2.36. The number of anilines is 1. The molecule has 0 spiro atoms. The highest BCUT2D eigenvalue weighted by molar-refractivity contribution is 5.93. The van der Waals surface area contributed by atoms with E-state index in [-0.39, 0.29) is 18.1 Å². The van der Waals surface area contributed by atoms with Gasteiger partial charge in [-0.2, -0.15) is 0 Å². The van der Waals surface area contributed by atoms with E-state index in [2.05, 4.69) is 22.1 Å². The SMILES string of the molecule is CCC1CN(C(CC)C(=O)Nc2nccn2C)CCO1. The van der Waals surface area contributed by atoms with Gasteiger partial charge in [0.05, 0.1) is 18.8 Å². The molecule has 0 aromatic carbocycles. The zero-order valence-corrected chi connectivity index (χ0v) is 12.5. The van der Waals surface area contributed by atoms with E-state index < -0.39 is 0 Å². The molecule has 0 bridgehead atoms. The molecule has 0 aliphatic carbocycles. The molecule has 1 aliphatic rings. The van der Waals surface area contributed by atoms with E-state index in [1.54, 1.807) is 10.8 Å². The summed E-state index contributed by atoms with van der Waals surface area (Å²) in [5.41, 5.74) is 0. The summed E-state index contributed by atoms with van der Waals surface area (Å²) in [6.07, 6.45) is 5.50. The van der Waals surface area contributed by atoms with Crippen molar-refractivity contribution in [1.29, 1.82) is 0 Å². The van der Waals surface area contributed by atoms with Gasteiger partial charge in [-0.15, -0.1) is 0 Å². The fraction of sp³-hybridized carbons (Fsp3) is 0.714. The lowest BCUT2D eigenvalue weighted by atomic mass is 10.1. The van der Waals surface area contributed by atoms with Gasteiger partial charge in [0.2, 0.25) is 11.9 Å². The van der Waals surface area contributed by atoms with Crippen LogP contribution in [0.5, 0.6) is 0 Å². The van der Waals surface area contributed by atoms with Gasteiger partial charge in [-0.05, 0) is 12.8 Å². The van der Waals surface area contributed by atoms with E-state index in [9.17, 15) is 4.79 Å². The molecule has 112 valence electrons. The maximum absolute atomic E-state index is 12.4. The third-order valence-corrected chi connectivity index (χ3v) is 3.81. The van der Waals surface area contributed by atoms with Gasteiger partial charge in [-0.3, -0.25) is 15.0 Å². The fourth-order valence-electron chi connectivity index (χ4n) is 2.56. The van der Waals surface area contributed by atoms with Crippen molar-refractivity contribution in [2.24, 2.45) is 7.05 Å². The van der Waals surface area contributed by atoms with Gasteiger partial charge in [0.15, 0.2) is 0 Å². The highest BCUT2D eigenvalue weighted by Crippen LogP contribution is 2.15. The van der Waals surface area contributed by atoms with Crippen LogP contribution in [0.1, 0.15) is 26.7 Å². The molecule has 6 heteroatoms. The minimum atomic E-state index is -0.121. The van der Waals surface area contributed by atoms with Crippen LogP contribution in [-0.2, 0) is 16.6 Å². The normalized spacial score (nSPS) is 21.6. The third-order valence-electron chi connectivity index (χ3n) is 3.81. The van der Waals surface area contributed by atoms with Crippen molar-refractivity contribution >= 4 is 11.9 Å². The summed E-state index contributed by atoms with van der Waals surface area (Å²) in [4.78, 5) is 18.8. The van der Waals surface area contributed by atoms with Crippen molar-refractivity contribution in [3.63, 3.8) is 0 Å². The van der Waals surface area contributed by atoms with Crippen molar-refractivity contribution in [2.45, 2.75) is 38.8 Å². The van der Waals surface area contributed by atoms with Gasteiger partial charge in [0.1, 0.15) is 0 Å². The van der Waals surface area contributed by atoms with Crippen LogP contribution in [0.15, 0.2) is 12.4 Å². The first-order valence-corrected chi connectivity index (χ1v) is 7.29. The standard InChI is InChI=1S/C14H24N4O2/c1-4-11-10-18(8-9-20-11)12(5-2)13(19)16-14-15-6-7-17(14)3/h6-7,11-12H,4-5,8-10H2,1-3H3,(H,15,16,19). The topological polar surface area (TPSA) is 59.4 Å². The molecule has 0 saturated carbocycles. The second kappa shape index (κ2) is 6.85. The zero-order valence-electron chi connectivity index (χ0n) is 12.5. The maximum atomic E-state index is 12.4. The van der Waals surface area contributed by atoms with Crippen molar-refractivity contribution < 1.29 is 9.53 Å². The number of carbonyl (C=O) groups excluding carboxylic acids is 1. The lowest BCUT2D eigenvalue weighted by Crippen LogP contribution is -2.51. The molecule has 1 aliphatic heterocycles. The van der Waals surface area contributed by atoms with Gasteiger partial charge in [-0.25, -0.2) is 4.98 Å². The van der Waals surface area contributed by atoms with Crippen LogP contribution in [0.4, 0.5) is 5.95 Å². The highest BCUT2D eigenvalue weighted by atomic mass is 16.5.